The van der Waals surface area contributed by atoms with Gasteiger partial charge in [-0.05, 0) is 47.6 Å². The quantitative estimate of drug-likeness (QED) is 0.340. The molecule has 0 saturated carbocycles. The zero-order valence-corrected chi connectivity index (χ0v) is 18.9. The van der Waals surface area contributed by atoms with Gasteiger partial charge in [-0.3, -0.25) is 0 Å². The van der Waals surface area contributed by atoms with E-state index < -0.39 is 0 Å². The van der Waals surface area contributed by atoms with Gasteiger partial charge in [-0.25, -0.2) is 0 Å². The highest BCUT2D eigenvalue weighted by Crippen LogP contribution is 2.31. The molecular formula is C25H39BN2. The third kappa shape index (κ3) is 7.71. The SMILES string of the molecule is [B]/C=C/C(C)=C\C=C(/C)CN(C(=C)C1CN(CCC)C1)C(C)(C)/C=C\C=C/C. The van der Waals surface area contributed by atoms with Gasteiger partial charge >= 0.3 is 0 Å². The average molecular weight is 378 g/mol. The fraction of sp³-hybridized carbons (Fsp3) is 0.520. The zero-order valence-electron chi connectivity index (χ0n) is 18.9. The highest BCUT2D eigenvalue weighted by atomic mass is 15.2. The predicted molar refractivity (Wildman–Crippen MR) is 127 cm³/mol. The van der Waals surface area contributed by atoms with Crippen LogP contribution in [0, 0.1) is 5.92 Å². The Morgan fingerprint density at radius 1 is 1.21 bits per heavy atom. The first-order valence-corrected chi connectivity index (χ1v) is 10.5. The number of likely N-dealkylation sites (tertiary alicyclic amines) is 1. The molecule has 0 amide bonds. The summed E-state index contributed by atoms with van der Waals surface area (Å²) >= 11 is 0. The number of allylic oxidation sites excluding steroid dienone is 7. The van der Waals surface area contributed by atoms with Crippen molar-refractivity contribution in [1.29, 1.82) is 0 Å². The summed E-state index contributed by atoms with van der Waals surface area (Å²) in [5.41, 5.74) is 3.60. The Balaban J connectivity index is 2.99. The summed E-state index contributed by atoms with van der Waals surface area (Å²) in [4.78, 5) is 4.99. The van der Waals surface area contributed by atoms with Gasteiger partial charge in [-0.2, -0.15) is 0 Å². The molecule has 1 heterocycles. The molecule has 0 spiro atoms. The Labute approximate surface area is 175 Å². The molecule has 0 aromatic heterocycles. The van der Waals surface area contributed by atoms with Gasteiger partial charge in [0, 0.05) is 31.2 Å². The minimum absolute atomic E-state index is 0.104. The topological polar surface area (TPSA) is 6.48 Å². The number of rotatable bonds is 11. The van der Waals surface area contributed by atoms with Crippen LogP contribution >= 0.6 is 0 Å². The third-order valence-electron chi connectivity index (χ3n) is 5.22. The minimum Gasteiger partial charge on any atom is -0.362 e. The van der Waals surface area contributed by atoms with E-state index in [2.05, 4.69) is 87.5 Å². The second-order valence-electron chi connectivity index (χ2n) is 8.36. The summed E-state index contributed by atoms with van der Waals surface area (Å²) in [6.07, 6.45) is 16.0. The molecule has 1 rings (SSSR count). The first-order chi connectivity index (χ1) is 13.2. The lowest BCUT2D eigenvalue weighted by Gasteiger charge is -2.48. The van der Waals surface area contributed by atoms with Crippen molar-refractivity contribution in [3.8, 4) is 0 Å². The van der Waals surface area contributed by atoms with E-state index in [0.29, 0.717) is 5.92 Å². The highest BCUT2D eigenvalue weighted by Gasteiger charge is 2.34. The molecular weight excluding hydrogens is 339 g/mol. The monoisotopic (exact) mass is 378 g/mol. The second-order valence-corrected chi connectivity index (χ2v) is 8.36. The van der Waals surface area contributed by atoms with Crippen molar-refractivity contribution in [3.05, 3.63) is 71.9 Å². The van der Waals surface area contributed by atoms with Crippen molar-refractivity contribution in [2.24, 2.45) is 5.92 Å². The van der Waals surface area contributed by atoms with Crippen LogP contribution in [-0.2, 0) is 0 Å². The van der Waals surface area contributed by atoms with Crippen LogP contribution < -0.4 is 0 Å². The van der Waals surface area contributed by atoms with Crippen molar-refractivity contribution in [2.75, 3.05) is 26.2 Å². The Bertz CT molecular complexity index is 643. The summed E-state index contributed by atoms with van der Waals surface area (Å²) in [5.74, 6) is 2.13. The van der Waals surface area contributed by atoms with Gasteiger partial charge < -0.3 is 9.80 Å². The first kappa shape index (κ1) is 24.3. The molecule has 1 aliphatic heterocycles. The maximum atomic E-state index is 5.48. The largest absolute Gasteiger partial charge is 0.362 e. The van der Waals surface area contributed by atoms with E-state index in [0.717, 1.165) is 25.2 Å². The summed E-state index contributed by atoms with van der Waals surface area (Å²) in [7, 11) is 5.48. The van der Waals surface area contributed by atoms with E-state index in [1.807, 2.05) is 13.0 Å². The lowest BCUT2D eigenvalue weighted by Crippen LogP contribution is -2.53. The number of nitrogens with zero attached hydrogens (tertiary/aromatic N) is 2. The van der Waals surface area contributed by atoms with Gasteiger partial charge in [0.1, 0.15) is 7.85 Å². The molecule has 1 saturated heterocycles. The van der Waals surface area contributed by atoms with Crippen LogP contribution in [0.25, 0.3) is 0 Å². The fourth-order valence-corrected chi connectivity index (χ4v) is 3.45. The van der Waals surface area contributed by atoms with Crippen LogP contribution in [0.15, 0.2) is 71.9 Å². The highest BCUT2D eigenvalue weighted by molar-refractivity contribution is 6.17. The Morgan fingerprint density at radius 3 is 2.46 bits per heavy atom. The van der Waals surface area contributed by atoms with Gasteiger partial charge in [0.15, 0.2) is 0 Å². The summed E-state index contributed by atoms with van der Waals surface area (Å²) in [5, 5.41) is 0. The lowest BCUT2D eigenvalue weighted by atomic mass is 9.91. The van der Waals surface area contributed by atoms with Gasteiger partial charge in [-0.15, -0.1) is 5.98 Å². The fourth-order valence-electron chi connectivity index (χ4n) is 3.45. The van der Waals surface area contributed by atoms with Crippen molar-refractivity contribution in [1.82, 2.24) is 9.80 Å². The van der Waals surface area contributed by atoms with E-state index >= 15 is 0 Å². The van der Waals surface area contributed by atoms with E-state index in [1.165, 1.54) is 24.2 Å². The molecule has 0 aromatic rings. The molecule has 0 atom stereocenters. The van der Waals surface area contributed by atoms with E-state index in [4.69, 9.17) is 7.85 Å². The molecule has 2 nitrogen and oxygen atoms in total. The average Bonchev–Trinajstić information content (AvgIpc) is 2.60. The van der Waals surface area contributed by atoms with Gasteiger partial charge in [0.25, 0.3) is 0 Å². The van der Waals surface area contributed by atoms with Crippen LogP contribution in [0.3, 0.4) is 0 Å². The standard InChI is InChI=1S/C25H39BN2/c1-8-10-11-15-25(6,7)28(18-22(4)13-12-21(3)14-16-26)23(5)24-19-27(20-24)17-9-2/h8,10-16,24H,5,9,17-20H2,1-4,6-7H3/b10-8-,15-11-,16-14+,21-12-,22-13+. The second kappa shape index (κ2) is 12.0. The molecule has 28 heavy (non-hydrogen) atoms. The summed E-state index contributed by atoms with van der Waals surface area (Å²) in [6, 6.07) is 0. The van der Waals surface area contributed by atoms with Gasteiger partial charge in [-0.1, -0.05) is 67.2 Å². The summed E-state index contributed by atoms with van der Waals surface area (Å²) < 4.78 is 0. The number of hydrogen-bond acceptors (Lipinski definition) is 2. The van der Waals surface area contributed by atoms with Crippen LogP contribution in [0.2, 0.25) is 0 Å². The van der Waals surface area contributed by atoms with Crippen LogP contribution in [-0.4, -0.2) is 49.4 Å². The molecule has 152 valence electrons. The molecule has 1 fully saturated rings. The Morgan fingerprint density at radius 2 is 1.89 bits per heavy atom. The molecule has 0 bridgehead atoms. The molecule has 0 N–H and O–H groups in total. The molecule has 3 heteroatoms. The molecule has 1 aliphatic rings. The van der Waals surface area contributed by atoms with Crippen molar-refractivity contribution in [2.45, 2.75) is 53.5 Å². The minimum atomic E-state index is -0.104. The van der Waals surface area contributed by atoms with Gasteiger partial charge in [0.2, 0.25) is 0 Å². The third-order valence-corrected chi connectivity index (χ3v) is 5.22. The maximum absolute atomic E-state index is 5.48. The lowest BCUT2D eigenvalue weighted by molar-refractivity contribution is 0.0862. The predicted octanol–water partition coefficient (Wildman–Crippen LogP) is 5.63. The summed E-state index contributed by atoms with van der Waals surface area (Å²) in [6.45, 7) is 21.9. The van der Waals surface area contributed by atoms with E-state index in [9.17, 15) is 0 Å². The van der Waals surface area contributed by atoms with Crippen LogP contribution in [0.1, 0.15) is 48.0 Å². The Kier molecular flexibility index (Phi) is 10.4. The zero-order chi connectivity index (χ0) is 21.2. The molecule has 0 aliphatic carbocycles. The van der Waals surface area contributed by atoms with E-state index in [-0.39, 0.29) is 5.54 Å². The van der Waals surface area contributed by atoms with Crippen molar-refractivity contribution < 1.29 is 0 Å². The number of hydrogen-bond donors (Lipinski definition) is 0. The first-order valence-electron chi connectivity index (χ1n) is 10.5. The van der Waals surface area contributed by atoms with Crippen LogP contribution in [0.4, 0.5) is 0 Å². The Hall–Kier alpha value is -1.74. The molecule has 0 aromatic carbocycles. The molecule has 2 radical (unpaired) electrons. The van der Waals surface area contributed by atoms with Gasteiger partial charge in [0.05, 0.1) is 5.54 Å². The molecule has 0 unspecified atom stereocenters. The maximum Gasteiger partial charge on any atom is 0.102 e. The normalized spacial score (nSPS) is 17.8. The van der Waals surface area contributed by atoms with E-state index in [1.54, 1.807) is 5.98 Å². The van der Waals surface area contributed by atoms with Crippen LogP contribution in [0.5, 0.6) is 0 Å². The van der Waals surface area contributed by atoms with Crippen molar-refractivity contribution >= 4 is 7.85 Å². The van der Waals surface area contributed by atoms with Crippen molar-refractivity contribution in [3.63, 3.8) is 0 Å². The smallest absolute Gasteiger partial charge is 0.102 e.